The molecule has 1 aliphatic heterocycles. The van der Waals surface area contributed by atoms with Crippen molar-refractivity contribution in [1.29, 1.82) is 0 Å². The highest BCUT2D eigenvalue weighted by atomic mass is 16.5. The van der Waals surface area contributed by atoms with Gasteiger partial charge in [-0.3, -0.25) is 0 Å². The molecular formula is C25H41N3O3. The van der Waals surface area contributed by atoms with Gasteiger partial charge in [-0.15, -0.1) is 0 Å². The molecule has 1 aliphatic rings. The first kappa shape index (κ1) is 24.0. The van der Waals surface area contributed by atoms with Gasteiger partial charge in [0.15, 0.2) is 5.58 Å². The van der Waals surface area contributed by atoms with Crippen LogP contribution in [0.2, 0.25) is 0 Å². The van der Waals surface area contributed by atoms with Gasteiger partial charge in [-0.25, -0.2) is 0 Å². The molecule has 1 N–H and O–H groups in total. The molecule has 1 aromatic heterocycles. The lowest BCUT2D eigenvalue weighted by atomic mass is 9.88. The standard InChI is InChI=1S/C25H41N3O3/c1-6-15-30-23-10-8-20-22(26-31-24(20)21(23)16-27(4)5)9-7-19-11-13-28(14-12-19)17-25(2,3)18-29/h8,10,19,29H,6-7,9,11-18H2,1-5H3. The molecule has 1 saturated heterocycles. The van der Waals surface area contributed by atoms with Crippen LogP contribution < -0.4 is 4.74 Å². The lowest BCUT2D eigenvalue weighted by molar-refractivity contribution is 0.0802. The lowest BCUT2D eigenvalue weighted by Crippen LogP contribution is -2.41. The zero-order valence-electron chi connectivity index (χ0n) is 20.1. The minimum Gasteiger partial charge on any atom is -0.493 e. The third-order valence-electron chi connectivity index (χ3n) is 6.29. The van der Waals surface area contributed by atoms with Gasteiger partial charge in [0.2, 0.25) is 0 Å². The monoisotopic (exact) mass is 431 g/mol. The molecule has 1 fully saturated rings. The number of aliphatic hydroxyl groups excluding tert-OH is 1. The molecule has 3 rings (SSSR count). The summed E-state index contributed by atoms with van der Waals surface area (Å²) < 4.78 is 11.8. The van der Waals surface area contributed by atoms with Crippen LogP contribution in [0.15, 0.2) is 16.7 Å². The van der Waals surface area contributed by atoms with Gasteiger partial charge in [0.05, 0.1) is 17.9 Å². The fourth-order valence-corrected chi connectivity index (χ4v) is 4.51. The normalized spacial score (nSPS) is 16.5. The van der Waals surface area contributed by atoms with Gasteiger partial charge in [0.25, 0.3) is 0 Å². The van der Waals surface area contributed by atoms with Crippen LogP contribution in [0.5, 0.6) is 5.75 Å². The fraction of sp³-hybridized carbons (Fsp3) is 0.720. The van der Waals surface area contributed by atoms with Gasteiger partial charge < -0.3 is 24.2 Å². The highest BCUT2D eigenvalue weighted by Crippen LogP contribution is 2.33. The fourth-order valence-electron chi connectivity index (χ4n) is 4.51. The first-order chi connectivity index (χ1) is 14.8. The van der Waals surface area contributed by atoms with Crippen LogP contribution in [0.25, 0.3) is 11.0 Å². The Morgan fingerprint density at radius 1 is 1.26 bits per heavy atom. The number of ether oxygens (including phenoxy) is 1. The van der Waals surface area contributed by atoms with Crippen LogP contribution in [0, 0.1) is 11.3 Å². The Morgan fingerprint density at radius 3 is 2.65 bits per heavy atom. The van der Waals surface area contributed by atoms with Crippen LogP contribution in [0.4, 0.5) is 0 Å². The second kappa shape index (κ2) is 10.8. The van der Waals surface area contributed by atoms with Gasteiger partial charge in [0.1, 0.15) is 5.75 Å². The molecular weight excluding hydrogens is 390 g/mol. The molecule has 2 aromatic rings. The molecule has 6 nitrogen and oxygen atoms in total. The molecule has 0 aliphatic carbocycles. The summed E-state index contributed by atoms with van der Waals surface area (Å²) in [6.07, 6.45) is 5.53. The Kier molecular flexibility index (Phi) is 8.36. The summed E-state index contributed by atoms with van der Waals surface area (Å²) in [6, 6.07) is 4.20. The number of aryl methyl sites for hydroxylation is 1. The van der Waals surface area contributed by atoms with Crippen LogP contribution in [0.1, 0.15) is 57.7 Å². The van der Waals surface area contributed by atoms with Gasteiger partial charge in [-0.1, -0.05) is 25.9 Å². The van der Waals surface area contributed by atoms with E-state index in [-0.39, 0.29) is 12.0 Å². The third-order valence-corrected chi connectivity index (χ3v) is 6.29. The number of nitrogens with zero attached hydrogens (tertiary/aromatic N) is 3. The van der Waals surface area contributed by atoms with E-state index >= 15 is 0 Å². The largest absolute Gasteiger partial charge is 0.493 e. The van der Waals surface area contributed by atoms with Gasteiger partial charge in [-0.05, 0) is 77.3 Å². The Hall–Kier alpha value is -1.63. The van der Waals surface area contributed by atoms with E-state index in [1.54, 1.807) is 0 Å². The summed E-state index contributed by atoms with van der Waals surface area (Å²) in [7, 11) is 4.13. The Labute approximate surface area is 187 Å². The maximum atomic E-state index is 9.53. The second-order valence-corrected chi connectivity index (χ2v) is 10.2. The van der Waals surface area contributed by atoms with E-state index in [0.29, 0.717) is 6.61 Å². The zero-order chi connectivity index (χ0) is 22.4. The number of aliphatic hydroxyl groups is 1. The Balaban J connectivity index is 1.62. The Bertz CT molecular complexity index is 823. The van der Waals surface area contributed by atoms with Crippen LogP contribution in [-0.4, -0.2) is 67.0 Å². The van der Waals surface area contributed by atoms with Crippen LogP contribution >= 0.6 is 0 Å². The number of fused-ring (bicyclic) bond motifs is 1. The molecule has 174 valence electrons. The van der Waals surface area contributed by atoms with Crippen molar-refractivity contribution >= 4 is 11.0 Å². The first-order valence-corrected chi connectivity index (χ1v) is 11.8. The van der Waals surface area contributed by atoms with Gasteiger partial charge in [-0.2, -0.15) is 0 Å². The third kappa shape index (κ3) is 6.43. The molecule has 0 bridgehead atoms. The number of rotatable bonds is 11. The smallest absolute Gasteiger partial charge is 0.175 e. The molecule has 1 aromatic carbocycles. The minimum atomic E-state index is -0.0174. The van der Waals surface area contributed by atoms with E-state index in [0.717, 1.165) is 79.3 Å². The predicted molar refractivity (Wildman–Crippen MR) is 126 cm³/mol. The molecule has 0 saturated carbocycles. The summed E-state index contributed by atoms with van der Waals surface area (Å²) in [4.78, 5) is 4.64. The molecule has 0 amide bonds. The van der Waals surface area contributed by atoms with Crippen molar-refractivity contribution in [1.82, 2.24) is 15.0 Å². The van der Waals surface area contributed by atoms with Gasteiger partial charge >= 0.3 is 0 Å². The summed E-state index contributed by atoms with van der Waals surface area (Å²) in [5.74, 6) is 1.64. The van der Waals surface area contributed by atoms with Crippen molar-refractivity contribution in [3.05, 3.63) is 23.4 Å². The SMILES string of the molecule is CCCOc1ccc2c(CCC3CCN(CC(C)(C)CO)CC3)noc2c1CN(C)C. The van der Waals surface area contributed by atoms with Crippen LogP contribution in [-0.2, 0) is 13.0 Å². The van der Waals surface area contributed by atoms with Crippen LogP contribution in [0.3, 0.4) is 0 Å². The van der Waals surface area contributed by atoms with E-state index in [9.17, 15) is 5.11 Å². The van der Waals surface area contributed by atoms with Crippen molar-refractivity contribution in [2.45, 2.75) is 59.4 Å². The van der Waals surface area contributed by atoms with E-state index in [1.807, 2.05) is 0 Å². The van der Waals surface area contributed by atoms with Gasteiger partial charge in [0, 0.05) is 30.5 Å². The average molecular weight is 432 g/mol. The summed E-state index contributed by atoms with van der Waals surface area (Å²) in [5.41, 5.74) is 3.02. The molecule has 0 atom stereocenters. The molecule has 6 heteroatoms. The maximum Gasteiger partial charge on any atom is 0.175 e. The highest BCUT2D eigenvalue weighted by molar-refractivity contribution is 5.84. The summed E-state index contributed by atoms with van der Waals surface area (Å²) >= 11 is 0. The number of hydrogen-bond donors (Lipinski definition) is 1. The topological polar surface area (TPSA) is 62.0 Å². The molecule has 0 unspecified atom stereocenters. The van der Waals surface area contributed by atoms with Crippen molar-refractivity contribution in [3.8, 4) is 5.75 Å². The lowest BCUT2D eigenvalue weighted by Gasteiger charge is -2.36. The molecule has 2 heterocycles. The van der Waals surface area contributed by atoms with Crippen molar-refractivity contribution in [2.24, 2.45) is 11.3 Å². The Morgan fingerprint density at radius 2 is 2.00 bits per heavy atom. The maximum absolute atomic E-state index is 9.53. The average Bonchev–Trinajstić information content (AvgIpc) is 3.15. The first-order valence-electron chi connectivity index (χ1n) is 11.8. The highest BCUT2D eigenvalue weighted by Gasteiger charge is 2.26. The summed E-state index contributed by atoms with van der Waals surface area (Å²) in [6.45, 7) is 11.3. The van der Waals surface area contributed by atoms with E-state index < -0.39 is 0 Å². The van der Waals surface area contributed by atoms with E-state index in [2.05, 4.69) is 62.0 Å². The number of hydrogen-bond acceptors (Lipinski definition) is 6. The molecule has 0 radical (unpaired) electrons. The molecule has 31 heavy (non-hydrogen) atoms. The predicted octanol–water partition coefficient (Wildman–Crippen LogP) is 4.34. The number of piperidine rings is 1. The number of aromatic nitrogens is 1. The van der Waals surface area contributed by atoms with Crippen molar-refractivity contribution < 1.29 is 14.4 Å². The molecule has 0 spiro atoms. The van der Waals surface area contributed by atoms with Crippen molar-refractivity contribution in [3.63, 3.8) is 0 Å². The second-order valence-electron chi connectivity index (χ2n) is 10.2. The van der Waals surface area contributed by atoms with Crippen molar-refractivity contribution in [2.75, 3.05) is 46.9 Å². The summed E-state index contributed by atoms with van der Waals surface area (Å²) in [5, 5.41) is 15.1. The van der Waals surface area contributed by atoms with E-state index in [1.165, 1.54) is 12.8 Å². The zero-order valence-corrected chi connectivity index (χ0v) is 20.1. The van der Waals surface area contributed by atoms with E-state index in [4.69, 9.17) is 9.26 Å². The minimum absolute atomic E-state index is 0.0174. The quantitative estimate of drug-likeness (QED) is 0.571. The number of benzene rings is 1. The number of likely N-dealkylation sites (tertiary alicyclic amines) is 1.